The summed E-state index contributed by atoms with van der Waals surface area (Å²) in [5.74, 6) is 0.372. The van der Waals surface area contributed by atoms with Gasteiger partial charge in [0.1, 0.15) is 0 Å². The van der Waals surface area contributed by atoms with Gasteiger partial charge in [-0.1, -0.05) is 38.3 Å². The van der Waals surface area contributed by atoms with E-state index in [4.69, 9.17) is 9.47 Å². The molecule has 26 heavy (non-hydrogen) atoms. The summed E-state index contributed by atoms with van der Waals surface area (Å²) in [6.07, 6.45) is 15.1. The van der Waals surface area contributed by atoms with Gasteiger partial charge >= 0.3 is 5.97 Å². The number of unbranched alkanes of at least 4 members (excludes halogenated alkanes) is 3. The molecular weight excluding hydrogens is 328 g/mol. The molecule has 2 fully saturated rings. The lowest BCUT2D eigenvalue weighted by molar-refractivity contribution is -0.147. The highest BCUT2D eigenvalue weighted by atomic mass is 16.5. The van der Waals surface area contributed by atoms with Crippen LogP contribution in [0, 0.1) is 17.3 Å². The topological polar surface area (TPSA) is 55.8 Å². The van der Waals surface area contributed by atoms with Gasteiger partial charge in [-0.15, -0.1) is 0 Å². The lowest BCUT2D eigenvalue weighted by atomic mass is 9.78. The zero-order valence-electron chi connectivity index (χ0n) is 16.9. The van der Waals surface area contributed by atoms with Gasteiger partial charge in [-0.3, -0.25) is 4.79 Å². The average Bonchev–Trinajstić information content (AvgIpc) is 3.19. The predicted molar refractivity (Wildman–Crippen MR) is 104 cm³/mol. The Balaban J connectivity index is 1.70. The predicted octanol–water partition coefficient (Wildman–Crippen LogP) is 5.21. The number of fused-ring (bicyclic) bond motifs is 2. The molecule has 0 aromatic rings. The monoisotopic (exact) mass is 366 g/mol. The number of carboxylic acids is 1. The minimum Gasteiger partial charge on any atom is -0.481 e. The van der Waals surface area contributed by atoms with Crippen LogP contribution in [-0.2, 0) is 14.3 Å². The maximum atomic E-state index is 11.2. The molecule has 2 aliphatic heterocycles. The van der Waals surface area contributed by atoms with Crippen molar-refractivity contribution in [2.24, 2.45) is 17.3 Å². The normalized spacial score (nSPS) is 28.3. The molecule has 2 heterocycles. The highest BCUT2D eigenvalue weighted by Crippen LogP contribution is 2.45. The molecule has 0 unspecified atom stereocenters. The van der Waals surface area contributed by atoms with Gasteiger partial charge in [0.2, 0.25) is 0 Å². The molecule has 4 atom stereocenters. The van der Waals surface area contributed by atoms with Crippen molar-refractivity contribution in [2.45, 2.75) is 90.8 Å². The molecule has 0 aliphatic carbocycles. The number of rotatable bonds is 13. The van der Waals surface area contributed by atoms with E-state index in [-0.39, 0.29) is 0 Å². The van der Waals surface area contributed by atoms with Gasteiger partial charge < -0.3 is 14.6 Å². The first kappa shape index (κ1) is 21.4. The summed E-state index contributed by atoms with van der Waals surface area (Å²) in [4.78, 5) is 11.2. The summed E-state index contributed by atoms with van der Waals surface area (Å²) in [6, 6.07) is 0. The number of carboxylic acid groups (broad SMARTS) is 1. The largest absolute Gasteiger partial charge is 0.481 e. The molecular formula is C22H38O4. The van der Waals surface area contributed by atoms with Gasteiger partial charge in [-0.2, -0.15) is 0 Å². The Morgan fingerprint density at radius 3 is 2.58 bits per heavy atom. The molecule has 0 aromatic heterocycles. The van der Waals surface area contributed by atoms with Crippen LogP contribution >= 0.6 is 0 Å². The molecule has 4 heteroatoms. The maximum absolute atomic E-state index is 11.2. The minimum atomic E-state index is -0.719. The third-order valence-corrected chi connectivity index (χ3v) is 6.13. The van der Waals surface area contributed by atoms with Gasteiger partial charge in [0.25, 0.3) is 0 Å². The fourth-order valence-electron chi connectivity index (χ4n) is 4.20. The maximum Gasteiger partial charge on any atom is 0.309 e. The highest BCUT2D eigenvalue weighted by Gasteiger charge is 2.48. The van der Waals surface area contributed by atoms with Crippen LogP contribution in [0.3, 0.4) is 0 Å². The first-order chi connectivity index (χ1) is 12.5. The first-order valence-corrected chi connectivity index (χ1v) is 10.6. The van der Waals surface area contributed by atoms with Crippen LogP contribution in [0.15, 0.2) is 12.2 Å². The quantitative estimate of drug-likeness (QED) is 0.359. The summed E-state index contributed by atoms with van der Waals surface area (Å²) < 4.78 is 12.1. The summed E-state index contributed by atoms with van der Waals surface area (Å²) in [7, 11) is 0. The van der Waals surface area contributed by atoms with E-state index in [2.05, 4.69) is 19.1 Å². The van der Waals surface area contributed by atoms with Gasteiger partial charge in [0.15, 0.2) is 0 Å². The lowest BCUT2D eigenvalue weighted by Crippen LogP contribution is -2.30. The van der Waals surface area contributed by atoms with Crippen LogP contribution in [-0.4, -0.2) is 36.5 Å². The van der Waals surface area contributed by atoms with Crippen molar-refractivity contribution in [1.82, 2.24) is 0 Å². The Hall–Kier alpha value is -0.870. The van der Waals surface area contributed by atoms with Crippen LogP contribution in [0.5, 0.6) is 0 Å². The number of hydrogen-bond acceptors (Lipinski definition) is 3. The zero-order valence-corrected chi connectivity index (χ0v) is 16.9. The fraction of sp³-hybridized carbons (Fsp3) is 0.864. The van der Waals surface area contributed by atoms with E-state index in [0.717, 1.165) is 26.1 Å². The lowest BCUT2D eigenvalue weighted by Gasteiger charge is -2.27. The van der Waals surface area contributed by atoms with Crippen molar-refractivity contribution >= 4 is 5.97 Å². The smallest absolute Gasteiger partial charge is 0.309 e. The van der Waals surface area contributed by atoms with E-state index in [9.17, 15) is 9.90 Å². The number of ether oxygens (including phenoxy) is 2. The second-order valence-corrected chi connectivity index (χ2v) is 8.69. The molecule has 0 radical (unpaired) electrons. The van der Waals surface area contributed by atoms with E-state index in [1.54, 1.807) is 13.8 Å². The van der Waals surface area contributed by atoms with Crippen LogP contribution in [0.2, 0.25) is 0 Å². The Morgan fingerprint density at radius 1 is 1.15 bits per heavy atom. The third-order valence-electron chi connectivity index (χ3n) is 6.13. The van der Waals surface area contributed by atoms with Gasteiger partial charge in [-0.05, 0) is 58.3 Å². The molecule has 1 N–H and O–H groups in total. The van der Waals surface area contributed by atoms with E-state index in [1.807, 2.05) is 0 Å². The first-order valence-electron chi connectivity index (χ1n) is 10.6. The van der Waals surface area contributed by atoms with Crippen molar-refractivity contribution in [3.8, 4) is 0 Å². The second-order valence-electron chi connectivity index (χ2n) is 8.69. The molecule has 2 rings (SSSR count). The number of allylic oxidation sites excluding steroid dienone is 2. The fourth-order valence-corrected chi connectivity index (χ4v) is 4.20. The van der Waals surface area contributed by atoms with E-state index >= 15 is 0 Å². The van der Waals surface area contributed by atoms with Gasteiger partial charge in [0, 0.05) is 12.5 Å². The molecule has 2 saturated heterocycles. The SMILES string of the molecule is CCCCCCOC[C@@H]1[C@@H](C/C=C\CCC(C)(C)C(=O)O)[C@@H]2CC[C@H]1O2. The molecule has 0 saturated carbocycles. The Labute approximate surface area is 159 Å². The van der Waals surface area contributed by atoms with Crippen molar-refractivity contribution in [3.05, 3.63) is 12.2 Å². The second kappa shape index (κ2) is 10.5. The molecule has 0 aromatic carbocycles. The standard InChI is InChI=1S/C22H38O4/c1-4-5-6-10-15-25-16-18-17(19-12-13-20(18)26-19)11-8-7-9-14-22(2,3)21(23)24/h7-8,17-20H,4-6,9-16H2,1-3H3,(H,23,24)/b8-7-/t17-,18-,19+,20-/m1/s1. The summed E-state index contributed by atoms with van der Waals surface area (Å²) >= 11 is 0. The summed E-state index contributed by atoms with van der Waals surface area (Å²) in [6.45, 7) is 7.52. The van der Waals surface area contributed by atoms with Crippen molar-refractivity contribution in [3.63, 3.8) is 0 Å². The van der Waals surface area contributed by atoms with E-state index < -0.39 is 11.4 Å². The molecule has 2 bridgehead atoms. The van der Waals surface area contributed by atoms with E-state index in [1.165, 1.54) is 38.5 Å². The molecule has 0 amide bonds. The highest BCUT2D eigenvalue weighted by molar-refractivity contribution is 5.73. The van der Waals surface area contributed by atoms with Crippen molar-refractivity contribution in [2.75, 3.05) is 13.2 Å². The number of hydrogen-bond donors (Lipinski definition) is 1. The third kappa shape index (κ3) is 6.09. The summed E-state index contributed by atoms with van der Waals surface area (Å²) in [5.41, 5.74) is -0.645. The Morgan fingerprint density at radius 2 is 1.88 bits per heavy atom. The Kier molecular flexibility index (Phi) is 8.62. The molecule has 150 valence electrons. The van der Waals surface area contributed by atoms with Crippen molar-refractivity contribution < 1.29 is 19.4 Å². The number of aliphatic carboxylic acids is 1. The summed E-state index contributed by atoms with van der Waals surface area (Å²) in [5, 5.41) is 9.17. The Bertz CT molecular complexity index is 457. The minimum absolute atomic E-state index is 0.389. The van der Waals surface area contributed by atoms with Crippen molar-refractivity contribution in [1.29, 1.82) is 0 Å². The average molecular weight is 367 g/mol. The van der Waals surface area contributed by atoms with Crippen LogP contribution in [0.25, 0.3) is 0 Å². The number of carbonyl (C=O) groups is 1. The van der Waals surface area contributed by atoms with Gasteiger partial charge in [-0.25, -0.2) is 0 Å². The van der Waals surface area contributed by atoms with Crippen LogP contribution in [0.4, 0.5) is 0 Å². The molecule has 0 spiro atoms. The molecule has 4 nitrogen and oxygen atoms in total. The zero-order chi connectivity index (χ0) is 19.0. The van der Waals surface area contributed by atoms with Crippen LogP contribution < -0.4 is 0 Å². The van der Waals surface area contributed by atoms with E-state index in [0.29, 0.717) is 30.5 Å². The molecule has 2 aliphatic rings. The van der Waals surface area contributed by atoms with Gasteiger partial charge in [0.05, 0.1) is 24.2 Å². The van der Waals surface area contributed by atoms with Crippen LogP contribution in [0.1, 0.15) is 78.6 Å².